The summed E-state index contributed by atoms with van der Waals surface area (Å²) in [6.45, 7) is 3.36. The Morgan fingerprint density at radius 2 is 1.68 bits per heavy atom. The number of hydrogen-bond acceptors (Lipinski definition) is 5. The SMILES string of the molecule is CC(=O)Nc1ccc(S(=O)(=O)N[C@@H](C)C(=O)Nc2cnn(Cc3ccccc3)c2)cc1. The van der Waals surface area contributed by atoms with Gasteiger partial charge in [0.2, 0.25) is 21.8 Å². The molecule has 3 aromatic rings. The summed E-state index contributed by atoms with van der Waals surface area (Å²) in [7, 11) is -3.92. The molecule has 0 spiro atoms. The van der Waals surface area contributed by atoms with Gasteiger partial charge < -0.3 is 10.6 Å². The topological polar surface area (TPSA) is 122 Å². The first-order valence-corrected chi connectivity index (χ1v) is 11.0. The lowest BCUT2D eigenvalue weighted by molar-refractivity contribution is -0.117. The molecule has 1 atom stereocenters. The molecular weight excluding hydrogens is 418 g/mol. The molecule has 0 aliphatic carbocycles. The fourth-order valence-electron chi connectivity index (χ4n) is 2.81. The standard InChI is InChI=1S/C21H23N5O4S/c1-15(25-31(29,30)20-10-8-18(9-11-20)23-16(2)27)21(28)24-19-12-22-26(14-19)13-17-6-4-3-5-7-17/h3-12,14-15,25H,13H2,1-2H3,(H,23,27)(H,24,28)/t15-/m0/s1. The van der Waals surface area contributed by atoms with Crippen molar-refractivity contribution in [3.63, 3.8) is 0 Å². The first-order valence-electron chi connectivity index (χ1n) is 9.50. The van der Waals surface area contributed by atoms with E-state index < -0.39 is 22.0 Å². The monoisotopic (exact) mass is 441 g/mol. The van der Waals surface area contributed by atoms with Gasteiger partial charge in [0, 0.05) is 18.8 Å². The van der Waals surface area contributed by atoms with E-state index in [9.17, 15) is 18.0 Å². The van der Waals surface area contributed by atoms with Crippen molar-refractivity contribution in [2.45, 2.75) is 31.3 Å². The van der Waals surface area contributed by atoms with Crippen molar-refractivity contribution in [1.29, 1.82) is 0 Å². The van der Waals surface area contributed by atoms with Gasteiger partial charge in [0.05, 0.1) is 29.4 Å². The lowest BCUT2D eigenvalue weighted by Crippen LogP contribution is -2.41. The lowest BCUT2D eigenvalue weighted by Gasteiger charge is -2.14. The predicted molar refractivity (Wildman–Crippen MR) is 117 cm³/mol. The Morgan fingerprint density at radius 3 is 2.32 bits per heavy atom. The summed E-state index contributed by atoms with van der Waals surface area (Å²) in [5.41, 5.74) is 2.01. The van der Waals surface area contributed by atoms with Gasteiger partial charge in [0.25, 0.3) is 0 Å². The number of benzene rings is 2. The summed E-state index contributed by atoms with van der Waals surface area (Å²) in [6, 6.07) is 14.4. The summed E-state index contributed by atoms with van der Waals surface area (Å²) in [5, 5.41) is 9.42. The third-order valence-electron chi connectivity index (χ3n) is 4.30. The third kappa shape index (κ3) is 6.24. The fourth-order valence-corrected chi connectivity index (χ4v) is 4.01. The smallest absolute Gasteiger partial charge is 0.242 e. The molecular formula is C21H23N5O4S. The van der Waals surface area contributed by atoms with Gasteiger partial charge in [-0.2, -0.15) is 9.82 Å². The number of rotatable bonds is 8. The highest BCUT2D eigenvalue weighted by Crippen LogP contribution is 2.15. The van der Waals surface area contributed by atoms with Crippen LogP contribution in [0.1, 0.15) is 19.4 Å². The van der Waals surface area contributed by atoms with E-state index in [4.69, 9.17) is 0 Å². The van der Waals surface area contributed by atoms with Crippen LogP contribution in [0.3, 0.4) is 0 Å². The molecule has 31 heavy (non-hydrogen) atoms. The number of nitrogens with one attached hydrogen (secondary N) is 3. The van der Waals surface area contributed by atoms with E-state index in [1.54, 1.807) is 10.9 Å². The molecule has 1 heterocycles. The van der Waals surface area contributed by atoms with Crippen LogP contribution in [-0.4, -0.2) is 36.1 Å². The second-order valence-corrected chi connectivity index (χ2v) is 8.66. The fraction of sp³-hybridized carbons (Fsp3) is 0.190. The molecule has 2 amide bonds. The summed E-state index contributed by atoms with van der Waals surface area (Å²) in [4.78, 5) is 23.5. The number of sulfonamides is 1. The van der Waals surface area contributed by atoms with Gasteiger partial charge in [0.1, 0.15) is 0 Å². The number of aromatic nitrogens is 2. The van der Waals surface area contributed by atoms with Gasteiger partial charge in [-0.1, -0.05) is 30.3 Å². The molecule has 162 valence electrons. The Hall–Kier alpha value is -3.50. The number of carbonyl (C=O) groups excluding carboxylic acids is 2. The molecule has 0 bridgehead atoms. The minimum absolute atomic E-state index is 0.0167. The van der Waals surface area contributed by atoms with Crippen LogP contribution in [0.5, 0.6) is 0 Å². The van der Waals surface area contributed by atoms with Crippen molar-refractivity contribution in [3.05, 3.63) is 72.6 Å². The van der Waals surface area contributed by atoms with Crippen LogP contribution in [-0.2, 0) is 26.2 Å². The van der Waals surface area contributed by atoms with E-state index in [0.717, 1.165) is 5.56 Å². The van der Waals surface area contributed by atoms with E-state index in [1.807, 2.05) is 30.3 Å². The maximum atomic E-state index is 12.5. The Morgan fingerprint density at radius 1 is 1.00 bits per heavy atom. The normalized spacial score (nSPS) is 12.2. The minimum atomic E-state index is -3.92. The van der Waals surface area contributed by atoms with E-state index >= 15 is 0 Å². The highest BCUT2D eigenvalue weighted by Gasteiger charge is 2.22. The zero-order valence-corrected chi connectivity index (χ0v) is 17.9. The van der Waals surface area contributed by atoms with Gasteiger partial charge in [-0.3, -0.25) is 14.3 Å². The highest BCUT2D eigenvalue weighted by molar-refractivity contribution is 7.89. The van der Waals surface area contributed by atoms with E-state index in [2.05, 4.69) is 20.5 Å². The van der Waals surface area contributed by atoms with Crippen molar-refractivity contribution in [2.75, 3.05) is 10.6 Å². The molecule has 0 aliphatic heterocycles. The Kier molecular flexibility index (Phi) is 6.83. The molecule has 0 saturated carbocycles. The van der Waals surface area contributed by atoms with Crippen LogP contribution >= 0.6 is 0 Å². The van der Waals surface area contributed by atoms with Crippen LogP contribution < -0.4 is 15.4 Å². The lowest BCUT2D eigenvalue weighted by atomic mass is 10.2. The number of amides is 2. The zero-order valence-electron chi connectivity index (χ0n) is 17.1. The van der Waals surface area contributed by atoms with Gasteiger partial charge in [-0.15, -0.1) is 0 Å². The Bertz CT molecular complexity index is 1160. The van der Waals surface area contributed by atoms with Crippen LogP contribution in [0.2, 0.25) is 0 Å². The van der Waals surface area contributed by atoms with E-state index in [1.165, 1.54) is 44.3 Å². The molecule has 3 rings (SSSR count). The quantitative estimate of drug-likeness (QED) is 0.495. The van der Waals surface area contributed by atoms with Crippen LogP contribution in [0.4, 0.5) is 11.4 Å². The molecule has 3 N–H and O–H groups in total. The van der Waals surface area contributed by atoms with Crippen LogP contribution in [0.25, 0.3) is 0 Å². The average Bonchev–Trinajstić information content (AvgIpc) is 3.15. The molecule has 0 aliphatic rings. The molecule has 10 heteroatoms. The second kappa shape index (κ2) is 9.54. The summed E-state index contributed by atoms with van der Waals surface area (Å²) < 4.78 is 29.1. The summed E-state index contributed by atoms with van der Waals surface area (Å²) in [5.74, 6) is -0.774. The molecule has 1 aromatic heterocycles. The van der Waals surface area contributed by atoms with Gasteiger partial charge in [0.15, 0.2) is 0 Å². The molecule has 0 radical (unpaired) electrons. The van der Waals surface area contributed by atoms with Crippen molar-refractivity contribution >= 4 is 33.2 Å². The van der Waals surface area contributed by atoms with Crippen molar-refractivity contribution in [1.82, 2.24) is 14.5 Å². The first-order chi connectivity index (χ1) is 14.7. The van der Waals surface area contributed by atoms with Crippen molar-refractivity contribution in [3.8, 4) is 0 Å². The maximum Gasteiger partial charge on any atom is 0.242 e. The highest BCUT2D eigenvalue weighted by atomic mass is 32.2. The molecule has 9 nitrogen and oxygen atoms in total. The number of nitrogens with zero attached hydrogens (tertiary/aromatic N) is 2. The number of anilines is 2. The maximum absolute atomic E-state index is 12.5. The molecule has 2 aromatic carbocycles. The molecule has 0 fully saturated rings. The number of carbonyl (C=O) groups is 2. The van der Waals surface area contributed by atoms with Crippen molar-refractivity contribution < 1.29 is 18.0 Å². The minimum Gasteiger partial charge on any atom is -0.326 e. The van der Waals surface area contributed by atoms with Crippen LogP contribution in [0.15, 0.2) is 71.9 Å². The van der Waals surface area contributed by atoms with Crippen LogP contribution in [0, 0.1) is 0 Å². The third-order valence-corrected chi connectivity index (χ3v) is 5.85. The van der Waals surface area contributed by atoms with Gasteiger partial charge in [-0.25, -0.2) is 8.42 Å². The Labute approximate surface area is 180 Å². The molecule has 0 saturated heterocycles. The second-order valence-electron chi connectivity index (χ2n) is 6.95. The molecule has 0 unspecified atom stereocenters. The first kappa shape index (κ1) is 22.2. The zero-order chi connectivity index (χ0) is 22.4. The Balaban J connectivity index is 1.59. The van der Waals surface area contributed by atoms with E-state index in [-0.39, 0.29) is 10.8 Å². The predicted octanol–water partition coefficient (Wildman–Crippen LogP) is 2.20. The summed E-state index contributed by atoms with van der Waals surface area (Å²) >= 11 is 0. The van der Waals surface area contributed by atoms with Gasteiger partial charge in [-0.05, 0) is 36.8 Å². The van der Waals surface area contributed by atoms with Crippen molar-refractivity contribution in [2.24, 2.45) is 0 Å². The average molecular weight is 442 g/mol. The number of hydrogen-bond donors (Lipinski definition) is 3. The largest absolute Gasteiger partial charge is 0.326 e. The van der Waals surface area contributed by atoms with E-state index in [0.29, 0.717) is 17.9 Å². The van der Waals surface area contributed by atoms with Gasteiger partial charge >= 0.3 is 0 Å². The summed E-state index contributed by atoms with van der Waals surface area (Å²) in [6.07, 6.45) is 3.18.